The molecular weight excluding hydrogens is 336 g/mol. The molecule has 1 aromatic carbocycles. The van der Waals surface area contributed by atoms with Gasteiger partial charge in [-0.05, 0) is 36.2 Å². The minimum Gasteiger partial charge on any atom is -0.473 e. The summed E-state index contributed by atoms with van der Waals surface area (Å²) in [7, 11) is 4.09. The molecule has 0 amide bonds. The maximum absolute atomic E-state index is 9.10. The van der Waals surface area contributed by atoms with Gasteiger partial charge in [0, 0.05) is 25.8 Å². The molecule has 3 N–H and O–H groups in total. The van der Waals surface area contributed by atoms with Crippen molar-refractivity contribution in [1.82, 2.24) is 5.32 Å². The fourth-order valence-corrected chi connectivity index (χ4v) is 2.15. The summed E-state index contributed by atoms with van der Waals surface area (Å²) < 4.78 is 5.35. The van der Waals surface area contributed by atoms with Gasteiger partial charge in [0.15, 0.2) is 0 Å². The lowest BCUT2D eigenvalue weighted by Crippen LogP contribution is -2.20. The van der Waals surface area contributed by atoms with Gasteiger partial charge in [0.05, 0.1) is 12.8 Å². The Morgan fingerprint density at radius 3 is 2.23 bits per heavy atom. The molecule has 0 bridgehead atoms. The van der Waals surface area contributed by atoms with Crippen molar-refractivity contribution in [3.05, 3.63) is 66.6 Å². The molecule has 0 aliphatic heterocycles. The summed E-state index contributed by atoms with van der Waals surface area (Å²) in [6.07, 6.45) is 4.53. The minimum absolute atomic E-state index is 0.258. The molecule has 2 aromatic rings. The van der Waals surface area contributed by atoms with Gasteiger partial charge < -0.3 is 24.8 Å². The average molecular weight is 360 g/mol. The Morgan fingerprint density at radius 2 is 1.81 bits per heavy atom. The first-order valence-corrected chi connectivity index (χ1v) is 7.95. The van der Waals surface area contributed by atoms with Crippen LogP contribution in [0.4, 0.5) is 5.69 Å². The van der Waals surface area contributed by atoms with Crippen molar-refractivity contribution in [3.8, 4) is 0 Å². The molecule has 7 heteroatoms. The Kier molecular flexibility index (Phi) is 8.66. The molecule has 0 saturated carbocycles. The highest BCUT2D eigenvalue weighted by Gasteiger charge is 2.10. The van der Waals surface area contributed by atoms with Gasteiger partial charge in [-0.25, -0.2) is 9.59 Å². The number of anilines is 1. The van der Waals surface area contributed by atoms with Crippen LogP contribution < -0.4 is 10.2 Å². The number of carbonyl (C=O) groups is 2. The Bertz CT molecular complexity index is 681. The van der Waals surface area contributed by atoms with E-state index < -0.39 is 11.9 Å². The fraction of sp³-hybridized carbons (Fsp3) is 0.263. The standard InChI is InChI=1S/C17H22N2O.C2H2O4/c1-4-6-17(18-13-16-7-5-12-20-16)14-8-10-15(11-9-14)19(2)3;3-1(4)2(5)6/h4-5,7-12,17-18H,1,6,13H2,2-3H3;(H,3,4)(H,5,6). The van der Waals surface area contributed by atoms with E-state index in [0.29, 0.717) is 0 Å². The van der Waals surface area contributed by atoms with Crippen molar-refractivity contribution in [2.24, 2.45) is 0 Å². The first-order chi connectivity index (χ1) is 12.3. The molecule has 1 heterocycles. The number of carboxylic acids is 2. The van der Waals surface area contributed by atoms with Gasteiger partial charge in [0.2, 0.25) is 0 Å². The van der Waals surface area contributed by atoms with Crippen LogP contribution in [0.5, 0.6) is 0 Å². The molecule has 1 unspecified atom stereocenters. The van der Waals surface area contributed by atoms with Crippen LogP contribution >= 0.6 is 0 Å². The molecule has 0 saturated heterocycles. The van der Waals surface area contributed by atoms with Crippen molar-refractivity contribution in [2.75, 3.05) is 19.0 Å². The zero-order chi connectivity index (χ0) is 19.5. The summed E-state index contributed by atoms with van der Waals surface area (Å²) in [4.78, 5) is 20.3. The topological polar surface area (TPSA) is 103 Å². The summed E-state index contributed by atoms with van der Waals surface area (Å²) in [6, 6.07) is 12.8. The Balaban J connectivity index is 0.000000487. The Labute approximate surface area is 152 Å². The largest absolute Gasteiger partial charge is 0.473 e. The number of aliphatic carboxylic acids is 2. The number of nitrogens with zero attached hydrogens (tertiary/aromatic N) is 1. The molecule has 26 heavy (non-hydrogen) atoms. The second-order valence-corrected chi connectivity index (χ2v) is 5.63. The summed E-state index contributed by atoms with van der Waals surface area (Å²) >= 11 is 0. The van der Waals surface area contributed by atoms with Crippen molar-refractivity contribution in [1.29, 1.82) is 0 Å². The van der Waals surface area contributed by atoms with E-state index in [0.717, 1.165) is 18.7 Å². The SMILES string of the molecule is C=CCC(NCc1ccco1)c1ccc(N(C)C)cc1.O=C(O)C(=O)O. The van der Waals surface area contributed by atoms with Gasteiger partial charge in [-0.3, -0.25) is 0 Å². The van der Waals surface area contributed by atoms with E-state index in [1.807, 2.05) is 32.3 Å². The normalized spacial score (nSPS) is 11.0. The highest BCUT2D eigenvalue weighted by molar-refractivity contribution is 6.27. The van der Waals surface area contributed by atoms with Gasteiger partial charge in [-0.15, -0.1) is 6.58 Å². The van der Waals surface area contributed by atoms with Crippen molar-refractivity contribution in [3.63, 3.8) is 0 Å². The van der Waals surface area contributed by atoms with Crippen LogP contribution in [-0.4, -0.2) is 36.2 Å². The molecule has 0 fully saturated rings. The van der Waals surface area contributed by atoms with Crippen LogP contribution in [0, 0.1) is 0 Å². The van der Waals surface area contributed by atoms with Crippen molar-refractivity contribution in [2.45, 2.75) is 19.0 Å². The minimum atomic E-state index is -1.82. The van der Waals surface area contributed by atoms with Crippen molar-refractivity contribution >= 4 is 17.6 Å². The summed E-state index contributed by atoms with van der Waals surface area (Å²) in [5.41, 5.74) is 2.47. The quantitative estimate of drug-likeness (QED) is 0.515. The van der Waals surface area contributed by atoms with Crippen LogP contribution in [-0.2, 0) is 16.1 Å². The molecule has 7 nitrogen and oxygen atoms in total. The number of carboxylic acid groups (broad SMARTS) is 2. The highest BCUT2D eigenvalue weighted by Crippen LogP contribution is 2.21. The third kappa shape index (κ3) is 7.23. The molecule has 0 aliphatic rings. The van der Waals surface area contributed by atoms with Crippen molar-refractivity contribution < 1.29 is 24.2 Å². The number of benzene rings is 1. The summed E-state index contributed by atoms with van der Waals surface area (Å²) in [5, 5.41) is 18.3. The second-order valence-electron chi connectivity index (χ2n) is 5.63. The number of rotatable bonds is 7. The lowest BCUT2D eigenvalue weighted by atomic mass is 10.0. The number of furan rings is 1. The first kappa shape index (κ1) is 21.0. The van der Waals surface area contributed by atoms with E-state index in [2.05, 4.69) is 41.1 Å². The van der Waals surface area contributed by atoms with Crippen LogP contribution in [0.1, 0.15) is 23.8 Å². The Morgan fingerprint density at radius 1 is 1.19 bits per heavy atom. The fourth-order valence-electron chi connectivity index (χ4n) is 2.15. The predicted molar refractivity (Wildman–Crippen MR) is 99.1 cm³/mol. The van der Waals surface area contributed by atoms with Crippen LogP contribution in [0.3, 0.4) is 0 Å². The highest BCUT2D eigenvalue weighted by atomic mass is 16.4. The molecule has 140 valence electrons. The monoisotopic (exact) mass is 360 g/mol. The smallest absolute Gasteiger partial charge is 0.414 e. The van der Waals surface area contributed by atoms with Gasteiger partial charge in [0.25, 0.3) is 0 Å². The molecule has 0 aliphatic carbocycles. The maximum Gasteiger partial charge on any atom is 0.414 e. The molecule has 1 atom stereocenters. The van der Waals surface area contributed by atoms with E-state index >= 15 is 0 Å². The predicted octanol–water partition coefficient (Wildman–Crippen LogP) is 2.91. The average Bonchev–Trinajstić information content (AvgIpc) is 3.12. The van der Waals surface area contributed by atoms with E-state index in [1.165, 1.54) is 11.3 Å². The van der Waals surface area contributed by atoms with E-state index in [-0.39, 0.29) is 6.04 Å². The first-order valence-electron chi connectivity index (χ1n) is 7.95. The summed E-state index contributed by atoms with van der Waals surface area (Å²) in [5.74, 6) is -2.70. The maximum atomic E-state index is 9.10. The van der Waals surface area contributed by atoms with Gasteiger partial charge >= 0.3 is 11.9 Å². The van der Waals surface area contributed by atoms with Gasteiger partial charge in [-0.1, -0.05) is 18.2 Å². The third-order valence-corrected chi connectivity index (χ3v) is 3.50. The van der Waals surface area contributed by atoms with Crippen LogP contribution in [0.2, 0.25) is 0 Å². The van der Waals surface area contributed by atoms with Gasteiger partial charge in [-0.2, -0.15) is 0 Å². The summed E-state index contributed by atoms with van der Waals surface area (Å²) in [6.45, 7) is 4.57. The number of nitrogens with one attached hydrogen (secondary N) is 1. The second kappa shape index (κ2) is 10.7. The van der Waals surface area contributed by atoms with E-state index in [1.54, 1.807) is 6.26 Å². The molecular formula is C19H24N2O5. The van der Waals surface area contributed by atoms with Gasteiger partial charge in [0.1, 0.15) is 5.76 Å². The lowest BCUT2D eigenvalue weighted by Gasteiger charge is -2.19. The van der Waals surface area contributed by atoms with Crippen LogP contribution in [0.15, 0.2) is 59.7 Å². The number of hydrogen-bond acceptors (Lipinski definition) is 5. The molecule has 1 aromatic heterocycles. The lowest BCUT2D eigenvalue weighted by molar-refractivity contribution is -0.159. The number of hydrogen-bond donors (Lipinski definition) is 3. The molecule has 0 radical (unpaired) electrons. The zero-order valence-electron chi connectivity index (χ0n) is 14.9. The zero-order valence-corrected chi connectivity index (χ0v) is 14.9. The van der Waals surface area contributed by atoms with E-state index in [9.17, 15) is 0 Å². The van der Waals surface area contributed by atoms with E-state index in [4.69, 9.17) is 24.2 Å². The Hall–Kier alpha value is -3.06. The molecule has 2 rings (SSSR count). The molecule has 0 spiro atoms. The van der Waals surface area contributed by atoms with Crippen LogP contribution in [0.25, 0.3) is 0 Å². The third-order valence-electron chi connectivity index (χ3n) is 3.50.